The molecule has 1 aliphatic heterocycles. The van der Waals surface area contributed by atoms with E-state index in [1.807, 2.05) is 52.0 Å². The van der Waals surface area contributed by atoms with E-state index in [0.717, 1.165) is 80.6 Å². The van der Waals surface area contributed by atoms with E-state index >= 15 is 0 Å². The van der Waals surface area contributed by atoms with Gasteiger partial charge in [-0.25, -0.2) is 16.8 Å². The summed E-state index contributed by atoms with van der Waals surface area (Å²) in [6.07, 6.45) is 23.1. The van der Waals surface area contributed by atoms with Gasteiger partial charge in [0.1, 0.15) is 0 Å². The van der Waals surface area contributed by atoms with E-state index in [-0.39, 0.29) is 43.8 Å². The molecule has 0 radical (unpaired) electrons. The van der Waals surface area contributed by atoms with Crippen molar-refractivity contribution < 1.29 is 36.9 Å². The summed E-state index contributed by atoms with van der Waals surface area (Å²) >= 11 is 0. The molecule has 9 aliphatic rings. The SMILES string of the molecule is C.C.CC(C)(C)[C@H]1CO1.C[C@H](CC(C[C@@H](O)C(C)(C)C)S(=O)(=O)c1ccccc1)[C@H]1CC[C@H]2[C@@H]3CC[C@H]4C[C@@](C)(O)CC[C@]4(C)[C@H]3CC[C@]12C.C[C@H](CCS(=O)(=O)c1ccccc1)[C@H]1CC[C@H]2[C@@H]3CC[C@H]4C[C@@](C)(O)CC[C@]4(C)[C@H]3CC[C@]12C. The quantitative estimate of drug-likeness (QED) is 0.178. The fraction of sp³-hybridized carbons (Fsp3) is 0.838. The largest absolute Gasteiger partial charge is 0.393 e. The Morgan fingerprint density at radius 2 is 0.952 bits per heavy atom. The van der Waals surface area contributed by atoms with Gasteiger partial charge in [-0.2, -0.15) is 0 Å². The summed E-state index contributed by atoms with van der Waals surface area (Å²) in [7, 11) is -6.77. The first kappa shape index (κ1) is 69.7. The van der Waals surface area contributed by atoms with Crippen molar-refractivity contribution in [2.45, 2.75) is 285 Å². The number of aliphatic hydroxyl groups is 3. The Morgan fingerprint density at radius 1 is 0.536 bits per heavy atom. The fourth-order valence-electron chi connectivity index (χ4n) is 21.0. The van der Waals surface area contributed by atoms with Crippen LogP contribution >= 0.6 is 0 Å². The molecule has 2 aromatic carbocycles. The molecule has 0 bridgehead atoms. The van der Waals surface area contributed by atoms with Crippen LogP contribution in [0.3, 0.4) is 0 Å². The van der Waals surface area contributed by atoms with Gasteiger partial charge in [-0.3, -0.25) is 0 Å². The van der Waals surface area contributed by atoms with E-state index in [2.05, 4.69) is 69.2 Å². The van der Waals surface area contributed by atoms with Crippen molar-refractivity contribution in [3.63, 3.8) is 0 Å². The molecule has 0 aromatic heterocycles. The molecule has 0 amide bonds. The first-order valence-electron chi connectivity index (χ1n) is 33.4. The van der Waals surface area contributed by atoms with E-state index in [9.17, 15) is 32.2 Å². The molecular formula is C74H124O8S2. The molecule has 21 atom stereocenters. The Morgan fingerprint density at radius 3 is 1.36 bits per heavy atom. The maximum absolute atomic E-state index is 14.0. The second kappa shape index (κ2) is 25.5. The van der Waals surface area contributed by atoms with Crippen molar-refractivity contribution in [3.05, 3.63) is 60.7 Å². The molecular weight excluding hydrogens is 1080 g/mol. The van der Waals surface area contributed by atoms with Gasteiger partial charge in [0, 0.05) is 0 Å². The van der Waals surface area contributed by atoms with Crippen molar-refractivity contribution in [1.82, 2.24) is 0 Å². The summed E-state index contributed by atoms with van der Waals surface area (Å²) in [4.78, 5) is 0.848. The first-order valence-corrected chi connectivity index (χ1v) is 36.6. The molecule has 2 aromatic rings. The third kappa shape index (κ3) is 14.0. The molecule has 0 spiro atoms. The third-order valence-corrected chi connectivity index (χ3v) is 30.3. The van der Waals surface area contributed by atoms with Gasteiger partial charge in [0.2, 0.25) is 0 Å². The summed E-state index contributed by atoms with van der Waals surface area (Å²) in [5.74, 6) is 8.17. The number of aliphatic hydroxyl groups excluding tert-OH is 1. The van der Waals surface area contributed by atoms with Gasteiger partial charge >= 0.3 is 0 Å². The molecule has 1 unspecified atom stereocenters. The highest BCUT2D eigenvalue weighted by Gasteiger charge is 2.63. The van der Waals surface area contributed by atoms with E-state index < -0.39 is 42.2 Å². The number of ether oxygens (including phenoxy) is 1. The number of hydrogen-bond donors (Lipinski definition) is 3. The predicted octanol–water partition coefficient (Wildman–Crippen LogP) is 17.7. The summed E-state index contributed by atoms with van der Waals surface area (Å²) in [6, 6.07) is 17.9. The van der Waals surface area contributed by atoms with E-state index in [0.29, 0.717) is 73.6 Å². The molecule has 3 N–H and O–H groups in total. The van der Waals surface area contributed by atoms with Crippen LogP contribution in [0, 0.1) is 104 Å². The fourth-order valence-corrected chi connectivity index (χ4v) is 24.4. The van der Waals surface area contributed by atoms with E-state index in [4.69, 9.17) is 4.74 Å². The molecule has 8 aliphatic carbocycles. The van der Waals surface area contributed by atoms with Crippen molar-refractivity contribution >= 4 is 19.7 Å². The van der Waals surface area contributed by atoms with Crippen LogP contribution in [0.1, 0.15) is 247 Å². The normalized spacial score (nSPS) is 41.1. The Labute approximate surface area is 515 Å². The molecule has 8 nitrogen and oxygen atoms in total. The lowest BCUT2D eigenvalue weighted by atomic mass is 9.43. The zero-order valence-corrected chi connectivity index (χ0v) is 55.5. The number of fused-ring (bicyclic) bond motifs is 10. The molecule has 8 saturated carbocycles. The topological polar surface area (TPSA) is 142 Å². The molecule has 9 fully saturated rings. The summed E-state index contributed by atoms with van der Waals surface area (Å²) in [5, 5.41) is 32.1. The van der Waals surface area contributed by atoms with Gasteiger partial charge in [0.05, 0.1) is 50.8 Å². The zero-order chi connectivity index (χ0) is 59.9. The van der Waals surface area contributed by atoms with Gasteiger partial charge in [-0.05, 0) is 276 Å². The van der Waals surface area contributed by atoms with Crippen LogP contribution in [-0.4, -0.2) is 73.2 Å². The monoisotopic (exact) mass is 1200 g/mol. The van der Waals surface area contributed by atoms with Crippen molar-refractivity contribution in [2.75, 3.05) is 12.4 Å². The Balaban J connectivity index is 0.000000213. The predicted molar refractivity (Wildman–Crippen MR) is 348 cm³/mol. The lowest BCUT2D eigenvalue weighted by Crippen LogP contribution is -2.55. The summed E-state index contributed by atoms with van der Waals surface area (Å²) < 4.78 is 58.8. The van der Waals surface area contributed by atoms with Crippen molar-refractivity contribution in [1.29, 1.82) is 0 Å². The van der Waals surface area contributed by atoms with Crippen molar-refractivity contribution in [3.8, 4) is 0 Å². The van der Waals surface area contributed by atoms with Gasteiger partial charge in [-0.1, -0.05) is 134 Å². The van der Waals surface area contributed by atoms with Crippen LogP contribution in [0.25, 0.3) is 0 Å². The molecule has 11 rings (SSSR count). The molecule has 84 heavy (non-hydrogen) atoms. The Hall–Kier alpha value is -1.82. The smallest absolute Gasteiger partial charge is 0.181 e. The number of rotatable bonds is 12. The van der Waals surface area contributed by atoms with Crippen LogP contribution in [0.2, 0.25) is 0 Å². The number of benzene rings is 2. The average molecular weight is 1210 g/mol. The van der Waals surface area contributed by atoms with E-state index in [1.54, 1.807) is 36.4 Å². The summed E-state index contributed by atoms with van der Waals surface area (Å²) in [5.41, 5.74) is 0.444. The lowest BCUT2D eigenvalue weighted by molar-refractivity contribution is -0.148. The zero-order valence-electron chi connectivity index (χ0n) is 53.9. The number of hydrogen-bond acceptors (Lipinski definition) is 8. The van der Waals surface area contributed by atoms with Gasteiger partial charge in [-0.15, -0.1) is 0 Å². The lowest BCUT2D eigenvalue weighted by Gasteiger charge is -2.62. The van der Waals surface area contributed by atoms with Gasteiger partial charge in [0.15, 0.2) is 19.7 Å². The van der Waals surface area contributed by atoms with Crippen LogP contribution in [0.5, 0.6) is 0 Å². The van der Waals surface area contributed by atoms with Crippen molar-refractivity contribution in [2.24, 2.45) is 104 Å². The second-order valence-electron chi connectivity index (χ2n) is 33.6. The van der Waals surface area contributed by atoms with E-state index in [1.165, 1.54) is 83.5 Å². The molecule has 1 heterocycles. The second-order valence-corrected chi connectivity index (χ2v) is 37.9. The highest BCUT2D eigenvalue weighted by Crippen LogP contribution is 2.71. The molecule has 480 valence electrons. The van der Waals surface area contributed by atoms with Gasteiger partial charge < -0.3 is 20.1 Å². The Bertz CT molecular complexity index is 2690. The number of epoxide rings is 1. The molecule has 1 saturated heterocycles. The minimum Gasteiger partial charge on any atom is -0.393 e. The van der Waals surface area contributed by atoms with Gasteiger partial charge in [0.25, 0.3) is 0 Å². The van der Waals surface area contributed by atoms with Crippen LogP contribution in [0.15, 0.2) is 70.5 Å². The minimum atomic E-state index is -3.56. The number of sulfone groups is 2. The molecule has 10 heteroatoms. The van der Waals surface area contributed by atoms with Crippen LogP contribution in [-0.2, 0) is 24.4 Å². The average Bonchev–Trinajstić information content (AvgIpc) is 1.51. The standard InChI is InChI=1S/C36H58O4S.C30H46O3S.C6H12O.2CH4/c1-24(21-27(22-32(37)33(2,3)4)41(39,40)26-11-9-8-10-12-26)29-15-16-30-28-14-13-25-23-34(5,38)19-20-35(25,6)31(28)17-18-36(29,30)7;1-21(15-19-34(32,33)23-8-6-5-7-9-23)25-12-13-26-24-11-10-22-20-28(2,31)17-18-29(22,3)27(24)14-16-30(25,26)4;1-6(2,3)5-4-7-5;;/h8-12,24-25,27-32,37-38H,13-23H2,1-7H3;5-9,21-22,24-27,31H,10-20H2,1-4H3;5H,4H2,1-3H3;2*1H4/t24-,25+,27?,28+,29-,30+,31+,32-,34+,35+,36-;21-,22+,24+,25-,26+,27+,28+,29+,30-;5-;;/m111../s1. The Kier molecular flexibility index (Phi) is 21.1. The van der Waals surface area contributed by atoms with Crippen LogP contribution < -0.4 is 0 Å². The maximum atomic E-state index is 14.0. The first-order chi connectivity index (χ1) is 38.1. The highest BCUT2D eigenvalue weighted by molar-refractivity contribution is 7.92. The van der Waals surface area contributed by atoms with Crippen LogP contribution in [0.4, 0.5) is 0 Å². The maximum Gasteiger partial charge on any atom is 0.181 e. The third-order valence-electron chi connectivity index (χ3n) is 26.3. The summed E-state index contributed by atoms with van der Waals surface area (Å²) in [6.45, 7) is 32.5. The highest BCUT2D eigenvalue weighted by atomic mass is 32.2. The minimum absolute atomic E-state index is 0.